The average molecular weight is 280 g/mol. The van der Waals surface area contributed by atoms with E-state index in [0.29, 0.717) is 18.2 Å². The summed E-state index contributed by atoms with van der Waals surface area (Å²) in [6.07, 6.45) is 4.32. The Kier molecular flexibility index (Phi) is 4.70. The number of nitrogens with one attached hydrogen (secondary N) is 1. The first kappa shape index (κ1) is 14.5. The fraction of sp³-hybridized carbons (Fsp3) is 0.692. The molecule has 1 N–H and O–H groups in total. The van der Waals surface area contributed by atoms with Crippen molar-refractivity contribution in [3.63, 3.8) is 0 Å². The summed E-state index contributed by atoms with van der Waals surface area (Å²) < 4.78 is 5.52. The highest BCUT2D eigenvalue weighted by Gasteiger charge is 2.25. The van der Waals surface area contributed by atoms with Gasteiger partial charge in [0.25, 0.3) is 5.88 Å². The van der Waals surface area contributed by atoms with Crippen LogP contribution >= 0.6 is 0 Å². The van der Waals surface area contributed by atoms with Gasteiger partial charge in [-0.3, -0.25) is 10.1 Å². The number of ether oxygens (including phenoxy) is 1. The highest BCUT2D eigenvalue weighted by Crippen LogP contribution is 2.33. The van der Waals surface area contributed by atoms with Gasteiger partial charge < -0.3 is 10.1 Å². The van der Waals surface area contributed by atoms with E-state index < -0.39 is 4.92 Å². The van der Waals surface area contributed by atoms with Crippen molar-refractivity contribution < 1.29 is 9.66 Å². The third kappa shape index (κ3) is 3.79. The maximum atomic E-state index is 11.1. The van der Waals surface area contributed by atoms with Gasteiger partial charge >= 0.3 is 5.69 Å². The lowest BCUT2D eigenvalue weighted by molar-refractivity contribution is -0.387. The summed E-state index contributed by atoms with van der Waals surface area (Å²) in [4.78, 5) is 18.8. The summed E-state index contributed by atoms with van der Waals surface area (Å²) in [5.41, 5.74) is 0.188. The highest BCUT2D eigenvalue weighted by atomic mass is 16.6. The maximum absolute atomic E-state index is 11.1. The topological polar surface area (TPSA) is 90.2 Å². The lowest BCUT2D eigenvalue weighted by Gasteiger charge is -2.09. The normalized spacial score (nSPS) is 14.1. The van der Waals surface area contributed by atoms with E-state index in [1.807, 2.05) is 6.92 Å². The molecule has 0 saturated heterocycles. The van der Waals surface area contributed by atoms with Crippen LogP contribution in [-0.4, -0.2) is 28.0 Å². The summed E-state index contributed by atoms with van der Waals surface area (Å²) >= 11 is 0. The SMILES string of the molecule is CCCNc1nc(C)c([N+](=O)[O-])c(OCCC2CC2)n1. The molecule has 1 aliphatic carbocycles. The number of rotatable bonds is 8. The molecule has 0 bridgehead atoms. The van der Waals surface area contributed by atoms with Crippen LogP contribution in [-0.2, 0) is 0 Å². The molecule has 0 unspecified atom stereocenters. The van der Waals surface area contributed by atoms with Gasteiger partial charge in [-0.05, 0) is 25.7 Å². The second kappa shape index (κ2) is 6.49. The Morgan fingerprint density at radius 2 is 2.20 bits per heavy atom. The molecule has 0 radical (unpaired) electrons. The van der Waals surface area contributed by atoms with Gasteiger partial charge in [-0.1, -0.05) is 19.8 Å². The molecular formula is C13H20N4O3. The molecule has 1 aromatic rings. The molecule has 1 aromatic heterocycles. The Morgan fingerprint density at radius 3 is 2.80 bits per heavy atom. The minimum absolute atomic E-state index is 0.0711. The lowest BCUT2D eigenvalue weighted by Crippen LogP contribution is -2.10. The minimum atomic E-state index is -0.481. The Bertz CT molecular complexity index is 489. The van der Waals surface area contributed by atoms with E-state index in [1.54, 1.807) is 6.92 Å². The number of nitro groups is 1. The Balaban J connectivity index is 2.13. The number of aryl methyl sites for hydroxylation is 1. The third-order valence-corrected chi connectivity index (χ3v) is 3.20. The molecule has 1 aliphatic rings. The first-order chi connectivity index (χ1) is 9.61. The van der Waals surface area contributed by atoms with Gasteiger partial charge in [0, 0.05) is 6.54 Å². The summed E-state index contributed by atoms with van der Waals surface area (Å²) in [7, 11) is 0. The predicted octanol–water partition coefficient (Wildman–Crippen LogP) is 2.69. The Morgan fingerprint density at radius 1 is 1.45 bits per heavy atom. The lowest BCUT2D eigenvalue weighted by atomic mass is 10.3. The Hall–Kier alpha value is -1.92. The fourth-order valence-corrected chi connectivity index (χ4v) is 1.90. The molecule has 1 heterocycles. The largest absolute Gasteiger partial charge is 0.473 e. The molecule has 1 saturated carbocycles. The second-order valence-electron chi connectivity index (χ2n) is 5.05. The van der Waals surface area contributed by atoms with Crippen molar-refractivity contribution in [2.24, 2.45) is 5.92 Å². The molecule has 7 nitrogen and oxygen atoms in total. The smallest absolute Gasteiger partial charge is 0.352 e. The van der Waals surface area contributed by atoms with E-state index in [9.17, 15) is 10.1 Å². The standard InChI is InChI=1S/C13H20N4O3/c1-3-7-14-13-15-9(2)11(17(18)19)12(16-13)20-8-6-10-4-5-10/h10H,3-8H2,1-2H3,(H,14,15,16). The number of hydrogen-bond acceptors (Lipinski definition) is 6. The van der Waals surface area contributed by atoms with Gasteiger partial charge in [-0.25, -0.2) is 4.98 Å². The zero-order chi connectivity index (χ0) is 14.5. The van der Waals surface area contributed by atoms with Crippen LogP contribution in [0.5, 0.6) is 5.88 Å². The quantitative estimate of drug-likeness (QED) is 0.581. The minimum Gasteiger partial charge on any atom is -0.473 e. The van der Waals surface area contributed by atoms with Crippen LogP contribution in [0.15, 0.2) is 0 Å². The van der Waals surface area contributed by atoms with Crippen LogP contribution in [0.1, 0.15) is 38.3 Å². The molecule has 0 spiro atoms. The molecule has 2 rings (SSSR count). The molecule has 0 atom stereocenters. The summed E-state index contributed by atoms with van der Waals surface area (Å²) in [5, 5.41) is 14.1. The fourth-order valence-electron chi connectivity index (χ4n) is 1.90. The molecule has 1 fully saturated rings. The van der Waals surface area contributed by atoms with Gasteiger partial charge in [0.05, 0.1) is 11.5 Å². The van der Waals surface area contributed by atoms with Crippen molar-refractivity contribution in [2.75, 3.05) is 18.5 Å². The third-order valence-electron chi connectivity index (χ3n) is 3.20. The average Bonchev–Trinajstić information content (AvgIpc) is 3.19. The molecular weight excluding hydrogens is 260 g/mol. The molecule has 20 heavy (non-hydrogen) atoms. The molecule has 0 aliphatic heterocycles. The first-order valence-electron chi connectivity index (χ1n) is 7.01. The highest BCUT2D eigenvalue weighted by molar-refractivity contribution is 5.48. The molecule has 0 aromatic carbocycles. The van der Waals surface area contributed by atoms with Crippen LogP contribution in [0, 0.1) is 23.0 Å². The van der Waals surface area contributed by atoms with Crippen molar-refractivity contribution in [1.82, 2.24) is 9.97 Å². The van der Waals surface area contributed by atoms with Crippen molar-refractivity contribution in [2.45, 2.75) is 39.5 Å². The monoisotopic (exact) mass is 280 g/mol. The van der Waals surface area contributed by atoms with E-state index in [4.69, 9.17) is 4.74 Å². The van der Waals surface area contributed by atoms with Crippen molar-refractivity contribution in [3.05, 3.63) is 15.8 Å². The van der Waals surface area contributed by atoms with Crippen molar-refractivity contribution in [3.8, 4) is 5.88 Å². The van der Waals surface area contributed by atoms with E-state index in [-0.39, 0.29) is 11.6 Å². The van der Waals surface area contributed by atoms with E-state index in [2.05, 4.69) is 15.3 Å². The van der Waals surface area contributed by atoms with Crippen molar-refractivity contribution >= 4 is 11.6 Å². The summed E-state index contributed by atoms with van der Waals surface area (Å²) in [6, 6.07) is 0. The maximum Gasteiger partial charge on any atom is 0.352 e. The Labute approximate surface area is 117 Å². The molecule has 0 amide bonds. The van der Waals surface area contributed by atoms with Crippen molar-refractivity contribution in [1.29, 1.82) is 0 Å². The summed E-state index contributed by atoms with van der Waals surface area (Å²) in [6.45, 7) is 4.82. The van der Waals surface area contributed by atoms with Gasteiger partial charge in [0.15, 0.2) is 0 Å². The summed E-state index contributed by atoms with van der Waals surface area (Å²) in [5.74, 6) is 1.17. The van der Waals surface area contributed by atoms with Gasteiger partial charge in [-0.2, -0.15) is 4.98 Å². The predicted molar refractivity (Wildman–Crippen MR) is 75.0 cm³/mol. The van der Waals surface area contributed by atoms with Gasteiger partial charge in [0.2, 0.25) is 5.95 Å². The molecule has 7 heteroatoms. The van der Waals surface area contributed by atoms with Gasteiger partial charge in [0.1, 0.15) is 5.69 Å². The van der Waals surface area contributed by atoms with Crippen LogP contribution in [0.4, 0.5) is 11.6 Å². The second-order valence-corrected chi connectivity index (χ2v) is 5.05. The van der Waals surface area contributed by atoms with Crippen LogP contribution in [0.25, 0.3) is 0 Å². The van der Waals surface area contributed by atoms with E-state index in [0.717, 1.165) is 25.3 Å². The molecule has 110 valence electrons. The van der Waals surface area contributed by atoms with Gasteiger partial charge in [-0.15, -0.1) is 0 Å². The number of nitrogens with zero attached hydrogens (tertiary/aromatic N) is 3. The van der Waals surface area contributed by atoms with E-state index >= 15 is 0 Å². The van der Waals surface area contributed by atoms with Crippen LogP contribution < -0.4 is 10.1 Å². The van der Waals surface area contributed by atoms with Crippen LogP contribution in [0.2, 0.25) is 0 Å². The zero-order valence-electron chi connectivity index (χ0n) is 11.9. The number of anilines is 1. The zero-order valence-corrected chi connectivity index (χ0v) is 11.9. The number of hydrogen-bond donors (Lipinski definition) is 1. The first-order valence-corrected chi connectivity index (χ1v) is 7.01. The van der Waals surface area contributed by atoms with Crippen LogP contribution in [0.3, 0.4) is 0 Å². The number of aromatic nitrogens is 2. The van der Waals surface area contributed by atoms with E-state index in [1.165, 1.54) is 12.8 Å².